The van der Waals surface area contributed by atoms with Crippen molar-refractivity contribution in [1.29, 1.82) is 0 Å². The Morgan fingerprint density at radius 3 is 3.06 bits per heavy atom. The summed E-state index contributed by atoms with van der Waals surface area (Å²) in [4.78, 5) is 12.5. The largest absolute Gasteiger partial charge is 0.353 e. The molecule has 1 aromatic rings. The highest BCUT2D eigenvalue weighted by atomic mass is 32.1. The molecule has 0 aliphatic carbocycles. The monoisotopic (exact) mass is 238 g/mol. The van der Waals surface area contributed by atoms with Gasteiger partial charge in [-0.2, -0.15) is 0 Å². The highest BCUT2D eigenvalue weighted by molar-refractivity contribution is 7.10. The Labute approximate surface area is 101 Å². The van der Waals surface area contributed by atoms with Gasteiger partial charge in [0.05, 0.1) is 0 Å². The first-order valence-corrected chi connectivity index (χ1v) is 6.41. The van der Waals surface area contributed by atoms with Crippen LogP contribution in [0.3, 0.4) is 0 Å². The van der Waals surface area contributed by atoms with E-state index in [1.807, 2.05) is 23.6 Å². The normalized spacial score (nSPS) is 10.8. The number of carbonyl (C=O) groups excluding carboxylic acids is 1. The van der Waals surface area contributed by atoms with E-state index in [4.69, 9.17) is 0 Å². The highest BCUT2D eigenvalue weighted by Crippen LogP contribution is 2.09. The maximum atomic E-state index is 11.4. The summed E-state index contributed by atoms with van der Waals surface area (Å²) in [7, 11) is 0. The molecule has 1 aromatic heterocycles. The maximum absolute atomic E-state index is 11.4. The molecular weight excluding hydrogens is 220 g/mol. The molecule has 0 radical (unpaired) electrons. The van der Waals surface area contributed by atoms with E-state index in [2.05, 4.69) is 17.6 Å². The zero-order valence-corrected chi connectivity index (χ0v) is 10.3. The average molecular weight is 238 g/mol. The van der Waals surface area contributed by atoms with Gasteiger partial charge in [0.25, 0.3) is 0 Å². The maximum Gasteiger partial charge on any atom is 0.244 e. The Kier molecular flexibility index (Phi) is 6.53. The quantitative estimate of drug-likeness (QED) is 0.562. The molecule has 0 aliphatic heterocycles. The van der Waals surface area contributed by atoms with Crippen LogP contribution in [-0.2, 0) is 4.79 Å². The van der Waals surface area contributed by atoms with Gasteiger partial charge in [-0.3, -0.25) is 4.79 Å². The average Bonchev–Trinajstić information content (AvgIpc) is 2.79. The van der Waals surface area contributed by atoms with Crippen LogP contribution in [0.5, 0.6) is 0 Å². The van der Waals surface area contributed by atoms with E-state index in [0.717, 1.165) is 30.9 Å². The van der Waals surface area contributed by atoms with Crippen molar-refractivity contribution < 1.29 is 4.79 Å². The lowest BCUT2D eigenvalue weighted by Crippen LogP contribution is -2.25. The second-order valence-electron chi connectivity index (χ2n) is 3.35. The molecule has 1 amide bonds. The van der Waals surface area contributed by atoms with E-state index in [1.54, 1.807) is 17.4 Å². The molecule has 1 rings (SSSR count). The fourth-order valence-electron chi connectivity index (χ4n) is 1.20. The second-order valence-corrected chi connectivity index (χ2v) is 4.33. The van der Waals surface area contributed by atoms with Gasteiger partial charge < -0.3 is 10.6 Å². The molecule has 3 nitrogen and oxygen atoms in total. The van der Waals surface area contributed by atoms with Gasteiger partial charge in [-0.15, -0.1) is 11.3 Å². The minimum absolute atomic E-state index is 0.0232. The van der Waals surface area contributed by atoms with Crippen molar-refractivity contribution >= 4 is 23.3 Å². The Bertz CT molecular complexity index is 320. The predicted molar refractivity (Wildman–Crippen MR) is 69.5 cm³/mol. The van der Waals surface area contributed by atoms with Gasteiger partial charge in [-0.1, -0.05) is 13.0 Å². The van der Waals surface area contributed by atoms with Crippen molar-refractivity contribution in [1.82, 2.24) is 10.6 Å². The predicted octanol–water partition coefficient (Wildman–Crippen LogP) is 1.88. The number of hydrogen-bond donors (Lipinski definition) is 2. The van der Waals surface area contributed by atoms with Gasteiger partial charge in [-0.25, -0.2) is 0 Å². The van der Waals surface area contributed by atoms with Crippen molar-refractivity contribution in [3.8, 4) is 0 Å². The number of carbonyl (C=O) groups is 1. The van der Waals surface area contributed by atoms with Crippen molar-refractivity contribution in [2.24, 2.45) is 0 Å². The van der Waals surface area contributed by atoms with Gasteiger partial charge in [-0.05, 0) is 37.0 Å². The van der Waals surface area contributed by atoms with Crippen molar-refractivity contribution in [2.45, 2.75) is 13.3 Å². The van der Waals surface area contributed by atoms with Gasteiger partial charge >= 0.3 is 0 Å². The summed E-state index contributed by atoms with van der Waals surface area (Å²) in [5.41, 5.74) is 0. The van der Waals surface area contributed by atoms with E-state index < -0.39 is 0 Å². The fourth-order valence-corrected chi connectivity index (χ4v) is 1.82. The van der Waals surface area contributed by atoms with Crippen LogP contribution < -0.4 is 10.6 Å². The van der Waals surface area contributed by atoms with Crippen LogP contribution in [-0.4, -0.2) is 25.5 Å². The summed E-state index contributed by atoms with van der Waals surface area (Å²) in [6, 6.07) is 3.96. The van der Waals surface area contributed by atoms with Gasteiger partial charge in [0.2, 0.25) is 5.91 Å². The lowest BCUT2D eigenvalue weighted by molar-refractivity contribution is -0.116. The lowest BCUT2D eigenvalue weighted by Gasteiger charge is -2.02. The van der Waals surface area contributed by atoms with Crippen LogP contribution in [0.4, 0.5) is 0 Å². The van der Waals surface area contributed by atoms with E-state index in [9.17, 15) is 4.79 Å². The first-order valence-electron chi connectivity index (χ1n) is 5.53. The molecule has 0 aliphatic rings. The molecule has 0 unspecified atom stereocenters. The zero-order chi connectivity index (χ0) is 11.6. The molecule has 0 atom stereocenters. The molecule has 2 N–H and O–H groups in total. The van der Waals surface area contributed by atoms with Crippen LogP contribution in [0.2, 0.25) is 0 Å². The third-order valence-electron chi connectivity index (χ3n) is 2.02. The number of thiophene rings is 1. The fraction of sp³-hybridized carbons (Fsp3) is 0.417. The van der Waals surface area contributed by atoms with Crippen molar-refractivity contribution in [3.63, 3.8) is 0 Å². The van der Waals surface area contributed by atoms with Crippen LogP contribution >= 0.6 is 11.3 Å². The SMILES string of the molecule is CCNCCCNC(=O)/C=C/c1cccs1. The molecule has 0 spiro atoms. The van der Waals surface area contributed by atoms with Crippen LogP contribution in [0.25, 0.3) is 6.08 Å². The van der Waals surface area contributed by atoms with E-state index in [0.29, 0.717) is 0 Å². The van der Waals surface area contributed by atoms with Gasteiger partial charge in [0, 0.05) is 17.5 Å². The van der Waals surface area contributed by atoms with Crippen LogP contribution in [0.1, 0.15) is 18.2 Å². The molecular formula is C12H18N2OS. The minimum atomic E-state index is -0.0232. The van der Waals surface area contributed by atoms with Gasteiger partial charge in [0.1, 0.15) is 0 Å². The summed E-state index contributed by atoms with van der Waals surface area (Å²) in [6.45, 7) is 4.72. The Balaban J connectivity index is 2.11. The standard InChI is InChI=1S/C12H18N2OS/c1-2-13-8-4-9-14-12(15)7-6-11-5-3-10-16-11/h3,5-7,10,13H,2,4,8-9H2,1H3,(H,14,15)/b7-6+. The summed E-state index contributed by atoms with van der Waals surface area (Å²) in [6.07, 6.45) is 4.38. The molecule has 0 saturated heterocycles. The zero-order valence-electron chi connectivity index (χ0n) is 9.53. The molecule has 4 heteroatoms. The summed E-state index contributed by atoms with van der Waals surface area (Å²) < 4.78 is 0. The summed E-state index contributed by atoms with van der Waals surface area (Å²) >= 11 is 1.62. The highest BCUT2D eigenvalue weighted by Gasteiger charge is 1.94. The number of amides is 1. The van der Waals surface area contributed by atoms with E-state index in [-0.39, 0.29) is 5.91 Å². The Hall–Kier alpha value is -1.13. The Morgan fingerprint density at radius 1 is 1.50 bits per heavy atom. The molecule has 0 fully saturated rings. The number of rotatable bonds is 7. The van der Waals surface area contributed by atoms with E-state index in [1.165, 1.54) is 0 Å². The molecule has 88 valence electrons. The Morgan fingerprint density at radius 2 is 2.38 bits per heavy atom. The number of hydrogen-bond acceptors (Lipinski definition) is 3. The van der Waals surface area contributed by atoms with E-state index >= 15 is 0 Å². The van der Waals surface area contributed by atoms with Crippen LogP contribution in [0.15, 0.2) is 23.6 Å². The molecule has 16 heavy (non-hydrogen) atoms. The second kappa shape index (κ2) is 8.07. The summed E-state index contributed by atoms with van der Waals surface area (Å²) in [5, 5.41) is 8.05. The van der Waals surface area contributed by atoms with Gasteiger partial charge in [0.15, 0.2) is 0 Å². The first kappa shape index (κ1) is 12.9. The summed E-state index contributed by atoms with van der Waals surface area (Å²) in [5.74, 6) is -0.0232. The minimum Gasteiger partial charge on any atom is -0.353 e. The third kappa shape index (κ3) is 5.68. The molecule has 0 saturated carbocycles. The smallest absolute Gasteiger partial charge is 0.244 e. The lowest BCUT2D eigenvalue weighted by atomic mass is 10.3. The third-order valence-corrected chi connectivity index (χ3v) is 2.86. The molecule has 0 aromatic carbocycles. The topological polar surface area (TPSA) is 41.1 Å². The molecule has 1 heterocycles. The van der Waals surface area contributed by atoms with Crippen molar-refractivity contribution in [2.75, 3.05) is 19.6 Å². The number of nitrogens with one attached hydrogen (secondary N) is 2. The van der Waals surface area contributed by atoms with Crippen molar-refractivity contribution in [3.05, 3.63) is 28.5 Å². The molecule has 0 bridgehead atoms. The van der Waals surface area contributed by atoms with Crippen LogP contribution in [0, 0.1) is 0 Å². The first-order chi connectivity index (χ1) is 7.83.